The van der Waals surface area contributed by atoms with Crippen LogP contribution in [-0.2, 0) is 14.8 Å². The highest BCUT2D eigenvalue weighted by molar-refractivity contribution is 7.89. The highest BCUT2D eigenvalue weighted by atomic mass is 32.2. The van der Waals surface area contributed by atoms with Gasteiger partial charge in [0.05, 0.1) is 31.1 Å². The number of quaternary nitrogens is 1. The number of nitrogens with zero attached hydrogens (tertiary/aromatic N) is 1. The molecule has 3 N–H and O–H groups in total. The van der Waals surface area contributed by atoms with E-state index in [1.54, 1.807) is 13.0 Å². The summed E-state index contributed by atoms with van der Waals surface area (Å²) in [7, 11) is -3.55. The summed E-state index contributed by atoms with van der Waals surface area (Å²) in [4.78, 5) is 25.1. The van der Waals surface area contributed by atoms with E-state index in [-0.39, 0.29) is 12.5 Å². The van der Waals surface area contributed by atoms with Crippen LogP contribution < -0.4 is 15.5 Å². The SMILES string of the molecule is Cc1ccc(C)c(S(=O)(=O)N2CC[NH+](CC(=O)NC(=O)NC(C)(C)C)CC2)c1. The van der Waals surface area contributed by atoms with E-state index < -0.39 is 21.6 Å². The molecule has 1 aliphatic rings. The second-order valence-electron chi connectivity index (χ2n) is 8.35. The minimum atomic E-state index is -3.55. The molecule has 28 heavy (non-hydrogen) atoms. The van der Waals surface area contributed by atoms with Gasteiger partial charge in [0.25, 0.3) is 5.91 Å². The maximum absolute atomic E-state index is 13.0. The molecule has 0 aromatic heterocycles. The summed E-state index contributed by atoms with van der Waals surface area (Å²) in [6, 6.07) is 4.89. The van der Waals surface area contributed by atoms with Crippen LogP contribution in [0.15, 0.2) is 23.1 Å². The predicted molar refractivity (Wildman–Crippen MR) is 107 cm³/mol. The molecule has 0 atom stereocenters. The maximum atomic E-state index is 13.0. The number of benzene rings is 1. The van der Waals surface area contributed by atoms with Crippen LogP contribution in [-0.4, -0.2) is 62.9 Å². The summed E-state index contributed by atoms with van der Waals surface area (Å²) in [6.45, 7) is 11.0. The van der Waals surface area contributed by atoms with Crippen LogP contribution in [0.1, 0.15) is 31.9 Å². The third kappa shape index (κ3) is 6.02. The van der Waals surface area contributed by atoms with Gasteiger partial charge >= 0.3 is 6.03 Å². The number of amides is 3. The van der Waals surface area contributed by atoms with Crippen LogP contribution in [0, 0.1) is 13.8 Å². The number of piperazine rings is 1. The largest absolute Gasteiger partial charge is 0.333 e. The number of carbonyl (C=O) groups is 2. The van der Waals surface area contributed by atoms with Crippen LogP contribution in [0.25, 0.3) is 0 Å². The molecule has 0 unspecified atom stereocenters. The first kappa shape index (κ1) is 22.3. The second kappa shape index (κ2) is 8.59. The monoisotopic (exact) mass is 411 g/mol. The van der Waals surface area contributed by atoms with E-state index in [1.807, 2.05) is 39.8 Å². The summed E-state index contributed by atoms with van der Waals surface area (Å²) in [5, 5.41) is 5.00. The molecule has 0 aliphatic carbocycles. The number of imide groups is 1. The van der Waals surface area contributed by atoms with Crippen molar-refractivity contribution in [3.8, 4) is 0 Å². The number of rotatable bonds is 4. The first-order valence-corrected chi connectivity index (χ1v) is 10.9. The molecule has 3 amide bonds. The highest BCUT2D eigenvalue weighted by Crippen LogP contribution is 2.21. The molecule has 156 valence electrons. The van der Waals surface area contributed by atoms with Crippen LogP contribution in [0.4, 0.5) is 4.79 Å². The standard InChI is InChI=1S/C19H30N4O4S/c1-14-6-7-15(2)16(12-14)28(26,27)23-10-8-22(9-11-23)13-17(24)20-18(25)21-19(3,4)5/h6-7,12H,8-11,13H2,1-5H3,(H2,20,21,24,25)/p+1. The summed E-state index contributed by atoms with van der Waals surface area (Å²) >= 11 is 0. The zero-order valence-corrected chi connectivity index (χ0v) is 18.1. The van der Waals surface area contributed by atoms with Gasteiger partial charge in [-0.3, -0.25) is 10.1 Å². The molecule has 8 nitrogen and oxygen atoms in total. The first-order valence-electron chi connectivity index (χ1n) is 9.41. The Balaban J connectivity index is 1.91. The van der Waals surface area contributed by atoms with Crippen molar-refractivity contribution in [1.29, 1.82) is 0 Å². The van der Waals surface area contributed by atoms with Crippen LogP contribution >= 0.6 is 0 Å². The number of carbonyl (C=O) groups excluding carboxylic acids is 2. The molecule has 1 aliphatic heterocycles. The molecule has 1 aromatic carbocycles. The van der Waals surface area contributed by atoms with Gasteiger partial charge in [-0.1, -0.05) is 12.1 Å². The second-order valence-corrected chi connectivity index (χ2v) is 10.3. The molecule has 1 heterocycles. The Bertz CT molecular complexity index is 838. The third-order valence-corrected chi connectivity index (χ3v) is 6.58. The van der Waals surface area contributed by atoms with E-state index in [0.717, 1.165) is 16.0 Å². The fourth-order valence-electron chi connectivity index (χ4n) is 3.11. The van der Waals surface area contributed by atoms with E-state index in [9.17, 15) is 18.0 Å². The first-order chi connectivity index (χ1) is 12.9. The summed E-state index contributed by atoms with van der Waals surface area (Å²) < 4.78 is 27.4. The fourth-order valence-corrected chi connectivity index (χ4v) is 4.86. The zero-order valence-electron chi connectivity index (χ0n) is 17.3. The minimum Gasteiger partial charge on any atom is -0.333 e. The minimum absolute atomic E-state index is 0.134. The fraction of sp³-hybridized carbons (Fsp3) is 0.579. The number of nitrogens with one attached hydrogen (secondary N) is 3. The molecule has 0 bridgehead atoms. The number of urea groups is 1. The molecule has 1 saturated heterocycles. The molecule has 9 heteroatoms. The molecule has 1 aromatic rings. The lowest BCUT2D eigenvalue weighted by Crippen LogP contribution is -3.15. The number of hydrogen-bond donors (Lipinski definition) is 3. The lowest BCUT2D eigenvalue weighted by molar-refractivity contribution is -0.895. The molecule has 2 rings (SSSR count). The molecule has 0 radical (unpaired) electrons. The summed E-state index contributed by atoms with van der Waals surface area (Å²) in [5.74, 6) is -0.373. The highest BCUT2D eigenvalue weighted by Gasteiger charge is 2.32. The number of hydrogen-bond acceptors (Lipinski definition) is 4. The molecule has 0 saturated carbocycles. The topological polar surface area (TPSA) is 100 Å². The van der Waals surface area contributed by atoms with Crippen molar-refractivity contribution >= 4 is 22.0 Å². The van der Waals surface area contributed by atoms with Crippen molar-refractivity contribution in [3.63, 3.8) is 0 Å². The van der Waals surface area contributed by atoms with Gasteiger partial charge in [-0.2, -0.15) is 4.31 Å². The van der Waals surface area contributed by atoms with Gasteiger partial charge in [0.1, 0.15) is 0 Å². The van der Waals surface area contributed by atoms with Crippen molar-refractivity contribution in [3.05, 3.63) is 29.3 Å². The van der Waals surface area contributed by atoms with Gasteiger partial charge in [0.2, 0.25) is 10.0 Å². The Kier molecular flexibility index (Phi) is 6.84. The summed E-state index contributed by atoms with van der Waals surface area (Å²) in [5.41, 5.74) is 1.20. The molecule has 1 fully saturated rings. The smallest absolute Gasteiger partial charge is 0.322 e. The molecular weight excluding hydrogens is 380 g/mol. The normalized spacial score (nSPS) is 16.6. The van der Waals surface area contributed by atoms with Crippen molar-refractivity contribution in [2.75, 3.05) is 32.7 Å². The van der Waals surface area contributed by atoms with Crippen molar-refractivity contribution in [1.82, 2.24) is 14.9 Å². The van der Waals surface area contributed by atoms with E-state index in [2.05, 4.69) is 10.6 Å². The average Bonchev–Trinajstić information content (AvgIpc) is 2.55. The van der Waals surface area contributed by atoms with Crippen LogP contribution in [0.5, 0.6) is 0 Å². The van der Waals surface area contributed by atoms with Gasteiger partial charge in [-0.15, -0.1) is 0 Å². The third-order valence-electron chi connectivity index (χ3n) is 4.54. The van der Waals surface area contributed by atoms with Gasteiger partial charge < -0.3 is 10.2 Å². The average molecular weight is 412 g/mol. The zero-order chi connectivity index (χ0) is 21.1. The Morgan fingerprint density at radius 2 is 1.75 bits per heavy atom. The number of aryl methyl sites for hydroxylation is 2. The Labute approximate surface area is 167 Å². The van der Waals surface area contributed by atoms with Gasteiger partial charge in [-0.25, -0.2) is 13.2 Å². The van der Waals surface area contributed by atoms with E-state index >= 15 is 0 Å². The van der Waals surface area contributed by atoms with Crippen molar-refractivity contribution in [2.45, 2.75) is 45.1 Å². The maximum Gasteiger partial charge on any atom is 0.322 e. The lowest BCUT2D eigenvalue weighted by atomic mass is 10.1. The van der Waals surface area contributed by atoms with Gasteiger partial charge in [-0.05, 0) is 51.8 Å². The van der Waals surface area contributed by atoms with E-state index in [4.69, 9.17) is 0 Å². The van der Waals surface area contributed by atoms with Crippen LogP contribution in [0.3, 0.4) is 0 Å². The van der Waals surface area contributed by atoms with Gasteiger partial charge in [0.15, 0.2) is 6.54 Å². The van der Waals surface area contributed by atoms with E-state index in [0.29, 0.717) is 31.1 Å². The molecular formula is C19H31N4O4S+. The Morgan fingerprint density at radius 3 is 2.32 bits per heavy atom. The van der Waals surface area contributed by atoms with Crippen LogP contribution in [0.2, 0.25) is 0 Å². The molecule has 0 spiro atoms. The Hall–Kier alpha value is -1.97. The van der Waals surface area contributed by atoms with Crippen molar-refractivity contribution in [2.24, 2.45) is 0 Å². The Morgan fingerprint density at radius 1 is 1.14 bits per heavy atom. The predicted octanol–water partition coefficient (Wildman–Crippen LogP) is -0.183. The van der Waals surface area contributed by atoms with Gasteiger partial charge in [0, 0.05) is 5.54 Å². The quantitative estimate of drug-likeness (QED) is 0.640. The lowest BCUT2D eigenvalue weighted by Gasteiger charge is -2.31. The van der Waals surface area contributed by atoms with E-state index in [1.165, 1.54) is 4.31 Å². The summed E-state index contributed by atoms with van der Waals surface area (Å²) in [6.07, 6.45) is 0. The van der Waals surface area contributed by atoms with Crippen molar-refractivity contribution < 1.29 is 22.9 Å². The number of sulfonamides is 1.